The zero-order valence-electron chi connectivity index (χ0n) is 10.9. The third kappa shape index (κ3) is 2.93. The van der Waals surface area contributed by atoms with Crippen molar-refractivity contribution >= 4 is 15.9 Å². The van der Waals surface area contributed by atoms with Crippen molar-refractivity contribution in [3.05, 3.63) is 45.7 Å². The van der Waals surface area contributed by atoms with E-state index in [-0.39, 0.29) is 0 Å². The monoisotopic (exact) mass is 308 g/mol. The predicted octanol–water partition coefficient (Wildman–Crippen LogP) is 3.86. The van der Waals surface area contributed by atoms with Gasteiger partial charge in [-0.3, -0.25) is 4.68 Å². The zero-order valence-corrected chi connectivity index (χ0v) is 12.5. The van der Waals surface area contributed by atoms with Gasteiger partial charge in [-0.2, -0.15) is 5.10 Å². The number of nitrogens with zero attached hydrogens (tertiary/aromatic N) is 2. The first-order chi connectivity index (χ1) is 8.60. The molecule has 0 saturated carbocycles. The summed E-state index contributed by atoms with van der Waals surface area (Å²) in [6, 6.07) is 4.09. The van der Waals surface area contributed by atoms with Gasteiger partial charge in [0.2, 0.25) is 0 Å². The van der Waals surface area contributed by atoms with Crippen molar-refractivity contribution < 1.29 is 4.74 Å². The highest BCUT2D eigenvalue weighted by Gasteiger charge is 2.04. The van der Waals surface area contributed by atoms with Gasteiger partial charge in [-0.05, 0) is 44.0 Å². The summed E-state index contributed by atoms with van der Waals surface area (Å²) in [6.45, 7) is 7.65. The van der Waals surface area contributed by atoms with Crippen LogP contribution in [0.4, 0.5) is 0 Å². The quantitative estimate of drug-likeness (QED) is 0.857. The molecule has 0 bridgehead atoms. The Morgan fingerprint density at radius 2 is 1.94 bits per heavy atom. The van der Waals surface area contributed by atoms with E-state index in [0.717, 1.165) is 22.3 Å². The minimum absolute atomic E-state index is 0.556. The molecule has 1 aromatic carbocycles. The second-order valence-electron chi connectivity index (χ2n) is 4.36. The van der Waals surface area contributed by atoms with Crippen molar-refractivity contribution in [1.82, 2.24) is 9.78 Å². The summed E-state index contributed by atoms with van der Waals surface area (Å²) in [6.07, 6.45) is 3.86. The molecule has 0 N–H and O–H groups in total. The molecule has 3 nitrogen and oxygen atoms in total. The van der Waals surface area contributed by atoms with E-state index < -0.39 is 0 Å². The highest BCUT2D eigenvalue weighted by atomic mass is 79.9. The van der Waals surface area contributed by atoms with E-state index in [1.807, 2.05) is 29.2 Å². The molecule has 0 unspecified atom stereocenters. The first kappa shape index (κ1) is 13.1. The topological polar surface area (TPSA) is 27.1 Å². The fourth-order valence-electron chi connectivity index (χ4n) is 1.81. The van der Waals surface area contributed by atoms with Gasteiger partial charge in [-0.1, -0.05) is 15.9 Å². The van der Waals surface area contributed by atoms with E-state index in [4.69, 9.17) is 4.74 Å². The fourth-order valence-corrected chi connectivity index (χ4v) is 2.04. The van der Waals surface area contributed by atoms with Gasteiger partial charge in [0.1, 0.15) is 12.4 Å². The number of rotatable bonds is 4. The number of hydrogen-bond donors (Lipinski definition) is 0. The Bertz CT molecular complexity index is 525. The SMILES string of the molecule is CCn1cc(COc2cc(C)c(Br)c(C)c2)cn1. The predicted molar refractivity (Wildman–Crippen MR) is 75.8 cm³/mol. The maximum absolute atomic E-state index is 5.79. The lowest BCUT2D eigenvalue weighted by Crippen LogP contribution is -1.96. The highest BCUT2D eigenvalue weighted by molar-refractivity contribution is 9.10. The third-order valence-electron chi connectivity index (χ3n) is 2.83. The second-order valence-corrected chi connectivity index (χ2v) is 5.16. The summed E-state index contributed by atoms with van der Waals surface area (Å²) in [7, 11) is 0. The summed E-state index contributed by atoms with van der Waals surface area (Å²) in [4.78, 5) is 0. The van der Waals surface area contributed by atoms with E-state index in [1.54, 1.807) is 0 Å². The van der Waals surface area contributed by atoms with Crippen molar-refractivity contribution in [3.63, 3.8) is 0 Å². The molecule has 2 rings (SSSR count). The Labute approximate surface area is 116 Å². The van der Waals surface area contributed by atoms with Crippen LogP contribution >= 0.6 is 15.9 Å². The maximum atomic E-state index is 5.79. The molecule has 1 aromatic heterocycles. The summed E-state index contributed by atoms with van der Waals surface area (Å²) in [5, 5.41) is 4.23. The number of aromatic nitrogens is 2. The lowest BCUT2D eigenvalue weighted by atomic mass is 10.1. The molecule has 0 atom stereocenters. The Morgan fingerprint density at radius 1 is 1.28 bits per heavy atom. The molecule has 4 heteroatoms. The molecule has 18 heavy (non-hydrogen) atoms. The summed E-state index contributed by atoms with van der Waals surface area (Å²) in [5.41, 5.74) is 3.47. The Kier molecular flexibility index (Phi) is 4.07. The molecule has 0 fully saturated rings. The zero-order chi connectivity index (χ0) is 13.1. The number of hydrogen-bond acceptors (Lipinski definition) is 2. The third-order valence-corrected chi connectivity index (χ3v) is 4.08. The van der Waals surface area contributed by atoms with Crippen LogP contribution in [0, 0.1) is 13.8 Å². The van der Waals surface area contributed by atoms with Crippen LogP contribution in [0.2, 0.25) is 0 Å². The van der Waals surface area contributed by atoms with Gasteiger partial charge in [0.05, 0.1) is 6.20 Å². The summed E-state index contributed by atoms with van der Waals surface area (Å²) >= 11 is 3.55. The van der Waals surface area contributed by atoms with Crippen molar-refractivity contribution in [2.45, 2.75) is 33.9 Å². The number of halogens is 1. The molecule has 0 saturated heterocycles. The number of benzene rings is 1. The first-order valence-corrected chi connectivity index (χ1v) is 6.80. The Hall–Kier alpha value is -1.29. The Balaban J connectivity index is 2.06. The van der Waals surface area contributed by atoms with Gasteiger partial charge < -0.3 is 4.74 Å². The van der Waals surface area contributed by atoms with Crippen LogP contribution in [0.5, 0.6) is 5.75 Å². The van der Waals surface area contributed by atoms with Crippen LogP contribution in [0.15, 0.2) is 29.0 Å². The van der Waals surface area contributed by atoms with E-state index in [0.29, 0.717) is 6.61 Å². The maximum Gasteiger partial charge on any atom is 0.120 e. The molecular weight excluding hydrogens is 292 g/mol. The smallest absolute Gasteiger partial charge is 0.120 e. The number of aryl methyl sites for hydroxylation is 3. The van der Waals surface area contributed by atoms with Crippen LogP contribution in [-0.2, 0) is 13.2 Å². The van der Waals surface area contributed by atoms with Crippen molar-refractivity contribution in [1.29, 1.82) is 0 Å². The summed E-state index contributed by atoms with van der Waals surface area (Å²) in [5.74, 6) is 0.900. The van der Waals surface area contributed by atoms with Crippen molar-refractivity contribution in [3.8, 4) is 5.75 Å². The lowest BCUT2D eigenvalue weighted by Gasteiger charge is -2.09. The van der Waals surface area contributed by atoms with E-state index in [9.17, 15) is 0 Å². The van der Waals surface area contributed by atoms with E-state index in [2.05, 4.69) is 41.8 Å². The minimum Gasteiger partial charge on any atom is -0.489 e. The molecule has 96 valence electrons. The number of ether oxygens (including phenoxy) is 1. The van der Waals surface area contributed by atoms with Crippen LogP contribution in [0.3, 0.4) is 0 Å². The van der Waals surface area contributed by atoms with Gasteiger partial charge in [-0.15, -0.1) is 0 Å². The van der Waals surface area contributed by atoms with Crippen molar-refractivity contribution in [2.75, 3.05) is 0 Å². The summed E-state index contributed by atoms with van der Waals surface area (Å²) < 4.78 is 8.84. The van der Waals surface area contributed by atoms with Crippen LogP contribution in [0.25, 0.3) is 0 Å². The molecule has 2 aromatic rings. The van der Waals surface area contributed by atoms with Crippen LogP contribution in [-0.4, -0.2) is 9.78 Å². The normalized spacial score (nSPS) is 10.7. The molecule has 0 aliphatic rings. The molecule has 0 radical (unpaired) electrons. The van der Waals surface area contributed by atoms with Crippen LogP contribution in [0.1, 0.15) is 23.6 Å². The largest absolute Gasteiger partial charge is 0.489 e. The molecule has 0 spiro atoms. The van der Waals surface area contributed by atoms with Gasteiger partial charge in [0, 0.05) is 22.8 Å². The molecule has 0 amide bonds. The molecule has 1 heterocycles. The standard InChI is InChI=1S/C14H17BrN2O/c1-4-17-8-12(7-16-17)9-18-13-5-10(2)14(15)11(3)6-13/h5-8H,4,9H2,1-3H3. The van der Waals surface area contributed by atoms with E-state index >= 15 is 0 Å². The first-order valence-electron chi connectivity index (χ1n) is 6.01. The van der Waals surface area contributed by atoms with Gasteiger partial charge in [-0.25, -0.2) is 0 Å². The van der Waals surface area contributed by atoms with E-state index in [1.165, 1.54) is 11.1 Å². The molecule has 0 aliphatic carbocycles. The minimum atomic E-state index is 0.556. The van der Waals surface area contributed by atoms with Crippen molar-refractivity contribution in [2.24, 2.45) is 0 Å². The van der Waals surface area contributed by atoms with Gasteiger partial charge in [0.15, 0.2) is 0 Å². The van der Waals surface area contributed by atoms with Gasteiger partial charge in [0.25, 0.3) is 0 Å². The van der Waals surface area contributed by atoms with Gasteiger partial charge >= 0.3 is 0 Å². The average Bonchev–Trinajstić information content (AvgIpc) is 2.81. The Morgan fingerprint density at radius 3 is 2.50 bits per heavy atom. The second kappa shape index (κ2) is 5.57. The molecule has 0 aliphatic heterocycles. The van der Waals surface area contributed by atoms with Crippen LogP contribution < -0.4 is 4.74 Å². The molecular formula is C14H17BrN2O. The lowest BCUT2D eigenvalue weighted by molar-refractivity contribution is 0.305. The fraction of sp³-hybridized carbons (Fsp3) is 0.357. The average molecular weight is 309 g/mol. The highest BCUT2D eigenvalue weighted by Crippen LogP contribution is 2.26.